The van der Waals surface area contributed by atoms with Crippen LogP contribution in [0.3, 0.4) is 0 Å². The number of esters is 1. The highest BCUT2D eigenvalue weighted by Gasteiger charge is 2.19. The van der Waals surface area contributed by atoms with Gasteiger partial charge >= 0.3 is 5.97 Å². The summed E-state index contributed by atoms with van der Waals surface area (Å²) in [6, 6.07) is 14.5. The zero-order chi connectivity index (χ0) is 16.1. The van der Waals surface area contributed by atoms with Gasteiger partial charge in [0.25, 0.3) is 5.91 Å². The van der Waals surface area contributed by atoms with Crippen molar-refractivity contribution in [2.24, 2.45) is 0 Å². The summed E-state index contributed by atoms with van der Waals surface area (Å²) in [5.41, 5.74) is 3.08. The molecule has 0 bridgehead atoms. The quantitative estimate of drug-likeness (QED) is 0.879. The van der Waals surface area contributed by atoms with Crippen LogP contribution < -0.4 is 5.32 Å². The number of hydrogen-bond acceptors (Lipinski definition) is 3. The molecule has 0 saturated carbocycles. The Hall–Kier alpha value is -2.62. The van der Waals surface area contributed by atoms with E-state index in [-0.39, 0.29) is 5.91 Å². The summed E-state index contributed by atoms with van der Waals surface area (Å²) in [5, 5.41) is 2.71. The number of anilines is 1. The Morgan fingerprint density at radius 3 is 2.18 bits per heavy atom. The maximum absolute atomic E-state index is 12.1. The molecule has 2 rings (SSSR count). The van der Waals surface area contributed by atoms with Crippen LogP contribution >= 0.6 is 0 Å². The third-order valence-corrected chi connectivity index (χ3v) is 3.15. The van der Waals surface area contributed by atoms with Crippen molar-refractivity contribution in [1.82, 2.24) is 0 Å². The zero-order valence-electron chi connectivity index (χ0n) is 12.9. The van der Waals surface area contributed by atoms with Crippen molar-refractivity contribution in [3.8, 4) is 0 Å². The number of aryl methyl sites for hydroxylation is 2. The lowest BCUT2D eigenvalue weighted by Crippen LogP contribution is -2.30. The minimum atomic E-state index is -0.867. The summed E-state index contributed by atoms with van der Waals surface area (Å²) in [6.07, 6.45) is -0.867. The fraction of sp³-hybridized carbons (Fsp3) is 0.222. The highest BCUT2D eigenvalue weighted by molar-refractivity contribution is 5.97. The van der Waals surface area contributed by atoms with Crippen molar-refractivity contribution >= 4 is 17.6 Å². The van der Waals surface area contributed by atoms with E-state index in [4.69, 9.17) is 4.74 Å². The number of para-hydroxylation sites is 1. The number of hydrogen-bond donors (Lipinski definition) is 1. The highest BCUT2D eigenvalue weighted by Crippen LogP contribution is 2.12. The molecule has 2 aromatic rings. The van der Waals surface area contributed by atoms with Crippen molar-refractivity contribution in [2.45, 2.75) is 26.9 Å². The highest BCUT2D eigenvalue weighted by atomic mass is 16.5. The Labute approximate surface area is 130 Å². The fourth-order valence-corrected chi connectivity index (χ4v) is 2.14. The summed E-state index contributed by atoms with van der Waals surface area (Å²) in [7, 11) is 0. The van der Waals surface area contributed by atoms with Crippen molar-refractivity contribution in [3.05, 3.63) is 65.2 Å². The molecule has 0 aliphatic carbocycles. The number of nitrogens with one attached hydrogen (secondary N) is 1. The monoisotopic (exact) mass is 297 g/mol. The van der Waals surface area contributed by atoms with Gasteiger partial charge < -0.3 is 10.1 Å². The minimum Gasteiger partial charge on any atom is -0.449 e. The molecule has 1 amide bonds. The van der Waals surface area contributed by atoms with Gasteiger partial charge in [-0.1, -0.05) is 35.4 Å². The second-order valence-electron chi connectivity index (χ2n) is 5.28. The molecule has 0 aliphatic rings. The number of carbonyl (C=O) groups excluding carboxylic acids is 2. The molecule has 4 heteroatoms. The molecule has 1 atom stereocenters. The average molecular weight is 297 g/mol. The first-order chi connectivity index (χ1) is 10.5. The van der Waals surface area contributed by atoms with Gasteiger partial charge in [-0.25, -0.2) is 4.79 Å². The van der Waals surface area contributed by atoms with Gasteiger partial charge in [-0.3, -0.25) is 4.79 Å². The number of ether oxygens (including phenoxy) is 1. The SMILES string of the molecule is Cc1cc(C)cc(C(=O)O[C@H](C)C(=O)Nc2ccccc2)c1. The summed E-state index contributed by atoms with van der Waals surface area (Å²) in [4.78, 5) is 24.1. The lowest BCUT2D eigenvalue weighted by atomic mass is 10.1. The Balaban J connectivity index is 2.00. The van der Waals surface area contributed by atoms with Crippen LogP contribution in [0.4, 0.5) is 5.69 Å². The lowest BCUT2D eigenvalue weighted by molar-refractivity contribution is -0.123. The number of carbonyl (C=O) groups is 2. The summed E-state index contributed by atoms with van der Waals surface area (Å²) >= 11 is 0. The fourth-order valence-electron chi connectivity index (χ4n) is 2.14. The van der Waals surface area contributed by atoms with Crippen LogP contribution in [0.5, 0.6) is 0 Å². The lowest BCUT2D eigenvalue weighted by Gasteiger charge is -2.14. The van der Waals surface area contributed by atoms with Crippen molar-refractivity contribution in [2.75, 3.05) is 5.32 Å². The van der Waals surface area contributed by atoms with E-state index in [0.717, 1.165) is 11.1 Å². The summed E-state index contributed by atoms with van der Waals surface area (Å²) in [5.74, 6) is -0.855. The van der Waals surface area contributed by atoms with Gasteiger partial charge in [-0.05, 0) is 45.0 Å². The maximum Gasteiger partial charge on any atom is 0.338 e. The molecule has 0 radical (unpaired) electrons. The zero-order valence-corrected chi connectivity index (χ0v) is 12.9. The molecule has 2 aromatic carbocycles. The molecule has 0 aliphatic heterocycles. The third-order valence-electron chi connectivity index (χ3n) is 3.15. The van der Waals surface area contributed by atoms with Crippen LogP contribution in [0.2, 0.25) is 0 Å². The smallest absolute Gasteiger partial charge is 0.338 e. The van der Waals surface area contributed by atoms with Gasteiger partial charge in [0.2, 0.25) is 0 Å². The van der Waals surface area contributed by atoms with E-state index >= 15 is 0 Å². The van der Waals surface area contributed by atoms with E-state index in [1.54, 1.807) is 31.2 Å². The Kier molecular flexibility index (Phi) is 4.94. The van der Waals surface area contributed by atoms with Gasteiger partial charge in [-0.2, -0.15) is 0 Å². The topological polar surface area (TPSA) is 55.4 Å². The molecular formula is C18H19NO3. The van der Waals surface area contributed by atoms with Gasteiger partial charge in [0.15, 0.2) is 6.10 Å². The van der Waals surface area contributed by atoms with Crippen LogP contribution in [0.1, 0.15) is 28.4 Å². The molecule has 0 unspecified atom stereocenters. The van der Waals surface area contributed by atoms with E-state index in [9.17, 15) is 9.59 Å². The molecular weight excluding hydrogens is 278 g/mol. The maximum atomic E-state index is 12.1. The van der Waals surface area contributed by atoms with Gasteiger partial charge in [0.1, 0.15) is 0 Å². The predicted octanol–water partition coefficient (Wildman–Crippen LogP) is 3.49. The number of amides is 1. The first-order valence-electron chi connectivity index (χ1n) is 7.11. The van der Waals surface area contributed by atoms with Crippen LogP contribution in [0.25, 0.3) is 0 Å². The third kappa shape index (κ3) is 4.19. The molecule has 114 valence electrons. The second-order valence-corrected chi connectivity index (χ2v) is 5.28. The van der Waals surface area contributed by atoms with Gasteiger partial charge in [0, 0.05) is 5.69 Å². The van der Waals surface area contributed by atoms with Crippen LogP contribution in [-0.4, -0.2) is 18.0 Å². The van der Waals surface area contributed by atoms with E-state index in [1.165, 1.54) is 0 Å². The van der Waals surface area contributed by atoms with E-state index < -0.39 is 12.1 Å². The van der Waals surface area contributed by atoms with Crippen molar-refractivity contribution in [1.29, 1.82) is 0 Å². The molecule has 4 nitrogen and oxygen atoms in total. The number of benzene rings is 2. The number of rotatable bonds is 4. The molecule has 0 saturated heterocycles. The van der Waals surface area contributed by atoms with Crippen LogP contribution in [-0.2, 0) is 9.53 Å². The Morgan fingerprint density at radius 1 is 1.00 bits per heavy atom. The Morgan fingerprint density at radius 2 is 1.59 bits per heavy atom. The largest absolute Gasteiger partial charge is 0.449 e. The molecule has 0 spiro atoms. The van der Waals surface area contributed by atoms with E-state index in [2.05, 4.69) is 5.32 Å². The standard InChI is InChI=1S/C18H19NO3/c1-12-9-13(2)11-15(10-12)18(21)22-14(3)17(20)19-16-7-5-4-6-8-16/h4-11,14H,1-3H3,(H,19,20)/t14-/m1/s1. The average Bonchev–Trinajstić information content (AvgIpc) is 2.47. The first kappa shape index (κ1) is 15.8. The molecule has 1 N–H and O–H groups in total. The summed E-state index contributed by atoms with van der Waals surface area (Å²) in [6.45, 7) is 5.38. The molecule has 0 fully saturated rings. The van der Waals surface area contributed by atoms with Crippen molar-refractivity contribution in [3.63, 3.8) is 0 Å². The molecule has 22 heavy (non-hydrogen) atoms. The van der Waals surface area contributed by atoms with E-state index in [1.807, 2.05) is 38.1 Å². The van der Waals surface area contributed by atoms with Crippen LogP contribution in [0, 0.1) is 13.8 Å². The minimum absolute atomic E-state index is 0.357. The second kappa shape index (κ2) is 6.89. The normalized spacial score (nSPS) is 11.6. The first-order valence-corrected chi connectivity index (χ1v) is 7.11. The molecule has 0 heterocycles. The summed E-state index contributed by atoms with van der Waals surface area (Å²) < 4.78 is 5.23. The van der Waals surface area contributed by atoms with Crippen LogP contribution in [0.15, 0.2) is 48.5 Å². The van der Waals surface area contributed by atoms with E-state index in [0.29, 0.717) is 11.3 Å². The van der Waals surface area contributed by atoms with Crippen molar-refractivity contribution < 1.29 is 14.3 Å². The Bertz CT molecular complexity index is 660. The molecule has 0 aromatic heterocycles. The van der Waals surface area contributed by atoms with Gasteiger partial charge in [-0.15, -0.1) is 0 Å². The predicted molar refractivity (Wildman–Crippen MR) is 85.9 cm³/mol. The van der Waals surface area contributed by atoms with Gasteiger partial charge in [0.05, 0.1) is 5.56 Å².